The molecule has 88 valence electrons. The van der Waals surface area contributed by atoms with Crippen LogP contribution in [0.4, 0.5) is 0 Å². The quantitative estimate of drug-likeness (QED) is 0.733. The van der Waals surface area contributed by atoms with Gasteiger partial charge >= 0.3 is 0 Å². The number of aliphatic hydroxyl groups is 1. The highest BCUT2D eigenvalue weighted by Gasteiger charge is 2.32. The number of likely N-dealkylation sites (tertiary alicyclic amines) is 2. The highest BCUT2D eigenvalue weighted by atomic mass is 16.3. The van der Waals surface area contributed by atoms with Crippen LogP contribution in [0.3, 0.4) is 0 Å². The van der Waals surface area contributed by atoms with E-state index in [1.807, 2.05) is 6.92 Å². The van der Waals surface area contributed by atoms with Gasteiger partial charge in [-0.25, -0.2) is 0 Å². The van der Waals surface area contributed by atoms with Crippen LogP contribution in [0.1, 0.15) is 26.2 Å². The summed E-state index contributed by atoms with van der Waals surface area (Å²) in [5.74, 6) is 0.857. The van der Waals surface area contributed by atoms with E-state index < -0.39 is 5.60 Å². The Morgan fingerprint density at radius 2 is 1.93 bits per heavy atom. The summed E-state index contributed by atoms with van der Waals surface area (Å²) >= 11 is 0. The van der Waals surface area contributed by atoms with Crippen LogP contribution in [-0.4, -0.2) is 60.3 Å². The Labute approximate surface area is 93.1 Å². The molecule has 3 nitrogen and oxygen atoms in total. The van der Waals surface area contributed by atoms with Gasteiger partial charge in [-0.3, -0.25) is 0 Å². The Bertz CT molecular complexity index is 210. The van der Waals surface area contributed by atoms with Gasteiger partial charge in [0.2, 0.25) is 0 Å². The molecule has 2 aliphatic heterocycles. The average molecular weight is 212 g/mol. The van der Waals surface area contributed by atoms with Crippen molar-refractivity contribution in [2.24, 2.45) is 5.92 Å². The van der Waals surface area contributed by atoms with Gasteiger partial charge in [0.15, 0.2) is 0 Å². The number of β-amino-alcohol motifs (C(OH)–C–C–N with tert-alkyl or cyclic N) is 1. The van der Waals surface area contributed by atoms with E-state index >= 15 is 0 Å². The van der Waals surface area contributed by atoms with E-state index in [4.69, 9.17) is 0 Å². The van der Waals surface area contributed by atoms with Crippen LogP contribution < -0.4 is 0 Å². The summed E-state index contributed by atoms with van der Waals surface area (Å²) < 4.78 is 0. The molecule has 0 spiro atoms. The van der Waals surface area contributed by atoms with Crippen molar-refractivity contribution >= 4 is 0 Å². The second-order valence-electron chi connectivity index (χ2n) is 5.73. The fourth-order valence-electron chi connectivity index (χ4n) is 2.80. The van der Waals surface area contributed by atoms with Crippen molar-refractivity contribution < 1.29 is 5.11 Å². The summed E-state index contributed by atoms with van der Waals surface area (Å²) in [5.41, 5.74) is -0.425. The molecule has 0 aromatic heterocycles. The third kappa shape index (κ3) is 3.16. The summed E-state index contributed by atoms with van der Waals surface area (Å²) in [6.45, 7) is 7.61. The maximum absolute atomic E-state index is 9.89. The summed E-state index contributed by atoms with van der Waals surface area (Å²) in [4.78, 5) is 4.85. The van der Waals surface area contributed by atoms with Crippen molar-refractivity contribution in [1.82, 2.24) is 9.80 Å². The molecule has 2 fully saturated rings. The molecule has 1 atom stereocenters. The van der Waals surface area contributed by atoms with E-state index in [1.54, 1.807) is 0 Å². The third-order valence-corrected chi connectivity index (χ3v) is 3.89. The SMILES string of the molecule is CN1CCC(CN2CCC(C)(O)C2)CC1. The van der Waals surface area contributed by atoms with Crippen molar-refractivity contribution in [3.8, 4) is 0 Å². The van der Waals surface area contributed by atoms with Gasteiger partial charge in [-0.1, -0.05) is 0 Å². The number of hydrogen-bond acceptors (Lipinski definition) is 3. The van der Waals surface area contributed by atoms with Crippen molar-refractivity contribution in [2.45, 2.75) is 31.8 Å². The maximum atomic E-state index is 9.89. The van der Waals surface area contributed by atoms with E-state index in [2.05, 4.69) is 16.8 Å². The molecular formula is C12H24N2O. The lowest BCUT2D eigenvalue weighted by molar-refractivity contribution is 0.0643. The zero-order valence-electron chi connectivity index (χ0n) is 10.1. The standard InChI is InChI=1S/C12H24N2O/c1-12(15)5-8-14(10-12)9-11-3-6-13(2)7-4-11/h11,15H,3-10H2,1-2H3. The second kappa shape index (κ2) is 4.40. The van der Waals surface area contributed by atoms with Crippen LogP contribution in [0.5, 0.6) is 0 Å². The first-order valence-electron chi connectivity index (χ1n) is 6.18. The largest absolute Gasteiger partial charge is 0.389 e. The highest BCUT2D eigenvalue weighted by Crippen LogP contribution is 2.24. The van der Waals surface area contributed by atoms with Crippen molar-refractivity contribution in [3.05, 3.63) is 0 Å². The molecule has 1 N–H and O–H groups in total. The molecule has 0 saturated carbocycles. The van der Waals surface area contributed by atoms with Gasteiger partial charge in [0.05, 0.1) is 5.60 Å². The summed E-state index contributed by atoms with van der Waals surface area (Å²) in [6, 6.07) is 0. The summed E-state index contributed by atoms with van der Waals surface area (Å²) in [5, 5.41) is 9.89. The topological polar surface area (TPSA) is 26.7 Å². The average Bonchev–Trinajstić information content (AvgIpc) is 2.50. The lowest BCUT2D eigenvalue weighted by Crippen LogP contribution is -2.37. The Kier molecular flexibility index (Phi) is 3.33. The van der Waals surface area contributed by atoms with Gasteiger partial charge in [-0.05, 0) is 52.2 Å². The Morgan fingerprint density at radius 3 is 2.47 bits per heavy atom. The molecule has 2 heterocycles. The first-order valence-corrected chi connectivity index (χ1v) is 6.18. The van der Waals surface area contributed by atoms with Crippen LogP contribution in [0.15, 0.2) is 0 Å². The zero-order chi connectivity index (χ0) is 10.9. The molecule has 2 saturated heterocycles. The van der Waals surface area contributed by atoms with E-state index in [0.717, 1.165) is 25.4 Å². The Morgan fingerprint density at radius 1 is 1.27 bits per heavy atom. The number of rotatable bonds is 2. The van der Waals surface area contributed by atoms with Crippen LogP contribution in [0, 0.1) is 5.92 Å². The molecule has 0 amide bonds. The molecule has 2 rings (SSSR count). The minimum absolute atomic E-state index is 0.425. The van der Waals surface area contributed by atoms with Gasteiger partial charge < -0.3 is 14.9 Å². The fourth-order valence-corrected chi connectivity index (χ4v) is 2.80. The molecule has 1 unspecified atom stereocenters. The molecule has 15 heavy (non-hydrogen) atoms. The lowest BCUT2D eigenvalue weighted by Gasteiger charge is -2.31. The number of hydrogen-bond donors (Lipinski definition) is 1. The van der Waals surface area contributed by atoms with E-state index in [-0.39, 0.29) is 0 Å². The van der Waals surface area contributed by atoms with Crippen molar-refractivity contribution in [2.75, 3.05) is 39.8 Å². The monoisotopic (exact) mass is 212 g/mol. The zero-order valence-corrected chi connectivity index (χ0v) is 10.1. The van der Waals surface area contributed by atoms with E-state index in [9.17, 15) is 5.11 Å². The Balaban J connectivity index is 1.74. The van der Waals surface area contributed by atoms with Crippen LogP contribution in [-0.2, 0) is 0 Å². The van der Waals surface area contributed by atoms with Gasteiger partial charge in [-0.15, -0.1) is 0 Å². The Hall–Kier alpha value is -0.120. The lowest BCUT2D eigenvalue weighted by atomic mass is 9.96. The maximum Gasteiger partial charge on any atom is 0.0758 e. The van der Waals surface area contributed by atoms with Crippen LogP contribution >= 0.6 is 0 Å². The number of piperidine rings is 1. The van der Waals surface area contributed by atoms with Crippen LogP contribution in [0.2, 0.25) is 0 Å². The molecule has 2 aliphatic rings. The summed E-state index contributed by atoms with van der Waals surface area (Å²) in [7, 11) is 2.21. The number of nitrogens with zero attached hydrogens (tertiary/aromatic N) is 2. The molecule has 0 radical (unpaired) electrons. The minimum Gasteiger partial charge on any atom is -0.389 e. The predicted molar refractivity (Wildman–Crippen MR) is 61.9 cm³/mol. The molecule has 0 aromatic carbocycles. The van der Waals surface area contributed by atoms with E-state index in [0.29, 0.717) is 0 Å². The molecule has 0 aliphatic carbocycles. The van der Waals surface area contributed by atoms with Crippen molar-refractivity contribution in [1.29, 1.82) is 0 Å². The van der Waals surface area contributed by atoms with Gasteiger partial charge in [-0.2, -0.15) is 0 Å². The first kappa shape index (κ1) is 11.4. The minimum atomic E-state index is -0.425. The van der Waals surface area contributed by atoms with Gasteiger partial charge in [0.25, 0.3) is 0 Å². The fraction of sp³-hybridized carbons (Fsp3) is 1.00. The van der Waals surface area contributed by atoms with Gasteiger partial charge in [0.1, 0.15) is 0 Å². The first-order chi connectivity index (χ1) is 7.05. The second-order valence-corrected chi connectivity index (χ2v) is 5.73. The van der Waals surface area contributed by atoms with E-state index in [1.165, 1.54) is 32.5 Å². The molecule has 0 bridgehead atoms. The highest BCUT2D eigenvalue weighted by molar-refractivity contribution is 4.87. The summed E-state index contributed by atoms with van der Waals surface area (Å²) in [6.07, 6.45) is 3.60. The third-order valence-electron chi connectivity index (χ3n) is 3.89. The molecular weight excluding hydrogens is 188 g/mol. The smallest absolute Gasteiger partial charge is 0.0758 e. The normalized spacial score (nSPS) is 36.2. The predicted octanol–water partition coefficient (Wildman–Crippen LogP) is 0.785. The molecule has 3 heteroatoms. The van der Waals surface area contributed by atoms with Crippen molar-refractivity contribution in [3.63, 3.8) is 0 Å². The van der Waals surface area contributed by atoms with Gasteiger partial charge in [0, 0.05) is 19.6 Å². The molecule has 0 aromatic rings. The van der Waals surface area contributed by atoms with Crippen LogP contribution in [0.25, 0.3) is 0 Å².